The molecule has 11 nitrogen and oxygen atoms in total. The zero-order valence-corrected chi connectivity index (χ0v) is 21.6. The monoisotopic (exact) mass is 552 g/mol. The van der Waals surface area contributed by atoms with Crippen molar-refractivity contribution in [3.8, 4) is 28.3 Å². The molecule has 0 fully saturated rings. The van der Waals surface area contributed by atoms with Crippen molar-refractivity contribution < 1.29 is 27.8 Å². The number of nitrogens with zero attached hydrogens (tertiary/aromatic N) is 8. The second-order valence-corrected chi connectivity index (χ2v) is 9.84. The Kier molecular flexibility index (Phi) is 6.22. The molecule has 0 atom stereocenters. The molecule has 0 bridgehead atoms. The van der Waals surface area contributed by atoms with Gasteiger partial charge in [0.25, 0.3) is 0 Å². The van der Waals surface area contributed by atoms with Crippen LogP contribution in [0, 0.1) is 5.82 Å². The SMILES string of the molecule is Cn1nnc(-c2cc(F)c(OC(F)F)c3c2COCc2nc4ccc(-c5cnc(C(C)(C)O)nc5)cc4n2C3)n1. The molecule has 0 saturated carbocycles. The summed E-state index contributed by atoms with van der Waals surface area (Å²) in [6.07, 6.45) is 3.21. The number of aromatic nitrogens is 8. The molecule has 1 aliphatic rings. The third kappa shape index (κ3) is 4.64. The molecule has 0 spiro atoms. The van der Waals surface area contributed by atoms with Crippen molar-refractivity contribution in [2.75, 3.05) is 0 Å². The molecule has 3 aromatic heterocycles. The molecule has 6 rings (SSSR count). The smallest absolute Gasteiger partial charge is 0.387 e. The third-order valence-corrected chi connectivity index (χ3v) is 6.56. The fourth-order valence-electron chi connectivity index (χ4n) is 4.70. The summed E-state index contributed by atoms with van der Waals surface area (Å²) in [4.78, 5) is 14.4. The minimum Gasteiger partial charge on any atom is -0.431 e. The molecule has 4 heterocycles. The van der Waals surface area contributed by atoms with E-state index in [4.69, 9.17) is 4.74 Å². The van der Waals surface area contributed by atoms with Gasteiger partial charge in [-0.15, -0.1) is 10.2 Å². The van der Waals surface area contributed by atoms with Crippen LogP contribution in [0.1, 0.15) is 36.6 Å². The molecule has 5 aromatic rings. The van der Waals surface area contributed by atoms with Crippen molar-refractivity contribution in [2.24, 2.45) is 7.05 Å². The molecule has 14 heteroatoms. The second-order valence-electron chi connectivity index (χ2n) is 9.84. The van der Waals surface area contributed by atoms with Gasteiger partial charge in [0.05, 0.1) is 31.2 Å². The number of ether oxygens (including phenoxy) is 2. The first-order chi connectivity index (χ1) is 19.1. The Bertz CT molecular complexity index is 1730. The molecular formula is C26H23F3N8O3. The summed E-state index contributed by atoms with van der Waals surface area (Å²) in [5.41, 5.74) is 2.37. The Morgan fingerprint density at radius 1 is 1.07 bits per heavy atom. The minimum atomic E-state index is -3.25. The normalized spacial score (nSPS) is 13.7. The van der Waals surface area contributed by atoms with Crippen LogP contribution >= 0.6 is 0 Å². The molecular weight excluding hydrogens is 529 g/mol. The fraction of sp³-hybridized carbons (Fsp3) is 0.308. The van der Waals surface area contributed by atoms with Gasteiger partial charge < -0.3 is 19.1 Å². The highest BCUT2D eigenvalue weighted by molar-refractivity contribution is 5.82. The Balaban J connectivity index is 1.50. The predicted octanol–water partition coefficient (Wildman–Crippen LogP) is 3.73. The number of hydrogen-bond donors (Lipinski definition) is 1. The summed E-state index contributed by atoms with van der Waals surface area (Å²) < 4.78 is 54.5. The summed E-state index contributed by atoms with van der Waals surface area (Å²) in [7, 11) is 1.56. The molecule has 0 radical (unpaired) electrons. The number of tetrazole rings is 1. The zero-order chi connectivity index (χ0) is 28.2. The minimum absolute atomic E-state index is 0.0325. The zero-order valence-electron chi connectivity index (χ0n) is 21.6. The average Bonchev–Trinajstić information content (AvgIpc) is 3.47. The molecule has 2 aromatic carbocycles. The molecule has 206 valence electrons. The van der Waals surface area contributed by atoms with Crippen molar-refractivity contribution >= 4 is 11.0 Å². The van der Waals surface area contributed by atoms with Crippen LogP contribution in [-0.4, -0.2) is 51.4 Å². The van der Waals surface area contributed by atoms with E-state index in [2.05, 4.69) is 35.1 Å². The Morgan fingerprint density at radius 3 is 2.52 bits per heavy atom. The largest absolute Gasteiger partial charge is 0.431 e. The van der Waals surface area contributed by atoms with Crippen LogP contribution in [0.25, 0.3) is 33.5 Å². The lowest BCUT2D eigenvalue weighted by Gasteiger charge is -2.22. The predicted molar refractivity (Wildman–Crippen MR) is 134 cm³/mol. The number of aryl methyl sites for hydroxylation is 1. The Morgan fingerprint density at radius 2 is 1.85 bits per heavy atom. The molecule has 0 aliphatic carbocycles. The molecule has 40 heavy (non-hydrogen) atoms. The molecule has 0 amide bonds. The quantitative estimate of drug-likeness (QED) is 0.347. The summed E-state index contributed by atoms with van der Waals surface area (Å²) in [5.74, 6) is -0.640. The third-order valence-electron chi connectivity index (χ3n) is 6.56. The maximum absolute atomic E-state index is 15.3. The van der Waals surface area contributed by atoms with Crippen LogP contribution in [0.3, 0.4) is 0 Å². The Hall–Kier alpha value is -4.43. The molecule has 0 unspecified atom stereocenters. The van der Waals surface area contributed by atoms with E-state index in [9.17, 15) is 13.9 Å². The first-order valence-corrected chi connectivity index (χ1v) is 12.2. The second kappa shape index (κ2) is 9.64. The van der Waals surface area contributed by atoms with Gasteiger partial charge in [0.1, 0.15) is 18.0 Å². The van der Waals surface area contributed by atoms with Crippen LogP contribution in [0.5, 0.6) is 5.75 Å². The van der Waals surface area contributed by atoms with Crippen LogP contribution in [-0.2, 0) is 37.1 Å². The maximum Gasteiger partial charge on any atom is 0.387 e. The number of rotatable bonds is 5. The summed E-state index contributed by atoms with van der Waals surface area (Å²) in [6.45, 7) is -0.0137. The van der Waals surface area contributed by atoms with Crippen molar-refractivity contribution in [2.45, 2.75) is 45.8 Å². The van der Waals surface area contributed by atoms with Crippen LogP contribution in [0.4, 0.5) is 13.2 Å². The van der Waals surface area contributed by atoms with Crippen LogP contribution in [0.2, 0.25) is 0 Å². The van der Waals surface area contributed by atoms with Crippen molar-refractivity contribution in [3.63, 3.8) is 0 Å². The number of aliphatic hydroxyl groups is 1. The number of hydrogen-bond acceptors (Lipinski definition) is 9. The Labute approximate surface area is 225 Å². The topological polar surface area (TPSA) is 126 Å². The van der Waals surface area contributed by atoms with Gasteiger partial charge in [0.15, 0.2) is 17.4 Å². The highest BCUT2D eigenvalue weighted by Crippen LogP contribution is 2.38. The first kappa shape index (κ1) is 25.8. The van der Waals surface area contributed by atoms with Gasteiger partial charge in [-0.1, -0.05) is 6.07 Å². The van der Waals surface area contributed by atoms with E-state index >= 15 is 4.39 Å². The van der Waals surface area contributed by atoms with E-state index in [1.54, 1.807) is 37.9 Å². The van der Waals surface area contributed by atoms with Gasteiger partial charge in [-0.05, 0) is 48.4 Å². The average molecular weight is 553 g/mol. The van der Waals surface area contributed by atoms with E-state index in [0.717, 1.165) is 11.6 Å². The standard InChI is InChI=1S/C26H23F3N8O3/c1-26(2,38)24-30-8-14(9-31-24)13-4-5-19-20(6-13)37-10-16-17(11-39-12-21(37)32-19)15(23-33-35-36(3)34-23)7-18(27)22(16)40-25(28)29/h4-9,25,38H,10-12H2,1-3H3. The number of fused-ring (bicyclic) bond motifs is 4. The lowest BCUT2D eigenvalue weighted by molar-refractivity contribution is -0.0531. The van der Waals surface area contributed by atoms with Crippen molar-refractivity contribution in [3.05, 3.63) is 65.3 Å². The van der Waals surface area contributed by atoms with Gasteiger partial charge in [0.2, 0.25) is 5.82 Å². The van der Waals surface area contributed by atoms with Gasteiger partial charge in [0, 0.05) is 29.1 Å². The summed E-state index contributed by atoms with van der Waals surface area (Å²) >= 11 is 0. The first-order valence-electron chi connectivity index (χ1n) is 12.2. The van der Waals surface area contributed by atoms with Gasteiger partial charge in [-0.2, -0.15) is 13.6 Å². The number of benzene rings is 2. The lowest BCUT2D eigenvalue weighted by atomic mass is 9.98. The fourth-order valence-corrected chi connectivity index (χ4v) is 4.70. The lowest BCUT2D eigenvalue weighted by Crippen LogP contribution is -2.19. The molecule has 1 N–H and O–H groups in total. The molecule has 1 aliphatic heterocycles. The highest BCUT2D eigenvalue weighted by Gasteiger charge is 2.28. The summed E-state index contributed by atoms with van der Waals surface area (Å²) in [5, 5.41) is 22.1. The van der Waals surface area contributed by atoms with E-state index < -0.39 is 23.8 Å². The van der Waals surface area contributed by atoms with Gasteiger partial charge in [-0.3, -0.25) is 0 Å². The van der Waals surface area contributed by atoms with Crippen LogP contribution in [0.15, 0.2) is 36.7 Å². The summed E-state index contributed by atoms with van der Waals surface area (Å²) in [6, 6.07) is 6.57. The van der Waals surface area contributed by atoms with Crippen molar-refractivity contribution in [1.29, 1.82) is 0 Å². The van der Waals surface area contributed by atoms with E-state index in [1.165, 1.54) is 4.80 Å². The van der Waals surface area contributed by atoms with Crippen LogP contribution < -0.4 is 4.74 Å². The van der Waals surface area contributed by atoms with Gasteiger partial charge >= 0.3 is 6.61 Å². The van der Waals surface area contributed by atoms with E-state index in [-0.39, 0.29) is 42.5 Å². The van der Waals surface area contributed by atoms with E-state index in [0.29, 0.717) is 28.0 Å². The number of alkyl halides is 2. The number of imidazole rings is 1. The molecule has 0 saturated heterocycles. The number of halogens is 3. The highest BCUT2D eigenvalue weighted by atomic mass is 19.3. The van der Waals surface area contributed by atoms with E-state index in [1.807, 2.05) is 18.2 Å². The van der Waals surface area contributed by atoms with Crippen molar-refractivity contribution in [1.82, 2.24) is 39.7 Å². The maximum atomic E-state index is 15.3. The van der Waals surface area contributed by atoms with Gasteiger partial charge in [-0.25, -0.2) is 19.3 Å².